The van der Waals surface area contributed by atoms with Crippen LogP contribution >= 0.6 is 34.5 Å². The Morgan fingerprint density at radius 2 is 1.60 bits per heavy atom. The van der Waals surface area contributed by atoms with E-state index >= 15 is 0 Å². The number of rotatable bonds is 12. The molecule has 1 aliphatic rings. The van der Waals surface area contributed by atoms with Crippen LogP contribution in [0.2, 0.25) is 10.0 Å². The van der Waals surface area contributed by atoms with Crippen LogP contribution in [0, 0.1) is 0 Å². The Bertz CT molecular complexity index is 2230. The molecule has 0 unspecified atom stereocenters. The van der Waals surface area contributed by atoms with E-state index in [1.807, 2.05) is 86.6 Å². The van der Waals surface area contributed by atoms with E-state index < -0.39 is 12.0 Å². The maximum Gasteiger partial charge on any atom is 0.338 e. The van der Waals surface area contributed by atoms with Crippen LogP contribution < -0.4 is 29.1 Å². The average Bonchev–Trinajstić information content (AvgIpc) is 3.43. The minimum atomic E-state index is -0.797. The molecule has 0 radical (unpaired) electrons. The second-order valence-electron chi connectivity index (χ2n) is 11.1. The fourth-order valence-corrected chi connectivity index (χ4v) is 6.93. The number of hydrogen-bond acceptors (Lipinski definition) is 8. The van der Waals surface area contributed by atoms with Crippen molar-refractivity contribution >= 4 is 52.3 Å². The molecule has 0 amide bonds. The van der Waals surface area contributed by atoms with Gasteiger partial charge in [-0.25, -0.2) is 9.79 Å². The molecule has 1 aromatic heterocycles. The number of aromatic nitrogens is 1. The number of thiazole rings is 1. The highest BCUT2D eigenvalue weighted by Gasteiger charge is 2.35. The molecule has 0 bridgehead atoms. The minimum Gasteiger partial charge on any atom is -0.494 e. The van der Waals surface area contributed by atoms with Crippen LogP contribution in [-0.4, -0.2) is 30.4 Å². The van der Waals surface area contributed by atoms with E-state index in [1.165, 1.54) is 11.3 Å². The summed E-state index contributed by atoms with van der Waals surface area (Å²) in [6, 6.07) is 26.9. The molecule has 8 nitrogen and oxygen atoms in total. The fraction of sp³-hybridized carbons (Fsp3) is 0.205. The lowest BCUT2D eigenvalue weighted by Gasteiger charge is -2.26. The smallest absolute Gasteiger partial charge is 0.338 e. The standard InChI is InChI=1S/C39H34Cl2N2O6S/c1-4-46-28-16-14-27(15-17-28)36-34(38(45)48-6-3)35(26-10-8-7-9-11-26)42-39-43(36)37(44)33(50-39)22-24-13-19-31(32(21-24)47-5-2)49-23-25-12-18-29(40)30(41)20-25/h7-22,36H,4-6,23H2,1-3H3/b33-22-/t36-/m1/s1. The highest BCUT2D eigenvalue weighted by molar-refractivity contribution is 7.07. The van der Waals surface area contributed by atoms with Gasteiger partial charge in [-0.2, -0.15) is 0 Å². The van der Waals surface area contributed by atoms with Crippen LogP contribution in [0.25, 0.3) is 11.8 Å². The zero-order chi connectivity index (χ0) is 35.2. The second-order valence-corrected chi connectivity index (χ2v) is 12.9. The van der Waals surface area contributed by atoms with Crippen molar-refractivity contribution in [3.63, 3.8) is 0 Å². The molecule has 0 saturated carbocycles. The molecule has 0 aliphatic carbocycles. The highest BCUT2D eigenvalue weighted by Crippen LogP contribution is 2.36. The van der Waals surface area contributed by atoms with Crippen LogP contribution in [-0.2, 0) is 16.1 Å². The van der Waals surface area contributed by atoms with E-state index in [0.717, 1.165) is 22.3 Å². The molecule has 0 saturated heterocycles. The minimum absolute atomic E-state index is 0.167. The predicted octanol–water partition coefficient (Wildman–Crippen LogP) is 7.62. The van der Waals surface area contributed by atoms with Gasteiger partial charge in [-0.1, -0.05) is 89.1 Å². The summed E-state index contributed by atoms with van der Waals surface area (Å²) in [4.78, 5) is 33.5. The number of ether oxygens (including phenoxy) is 4. The first-order valence-corrected chi connectivity index (χ1v) is 17.7. The van der Waals surface area contributed by atoms with Crippen molar-refractivity contribution in [3.8, 4) is 17.2 Å². The average molecular weight is 730 g/mol. The summed E-state index contributed by atoms with van der Waals surface area (Å²) in [5.74, 6) is 1.21. The van der Waals surface area contributed by atoms with Gasteiger partial charge in [-0.05, 0) is 79.9 Å². The summed E-state index contributed by atoms with van der Waals surface area (Å²) >= 11 is 13.5. The topological polar surface area (TPSA) is 88.4 Å². The van der Waals surface area contributed by atoms with Crippen LogP contribution in [0.15, 0.2) is 106 Å². The van der Waals surface area contributed by atoms with Crippen molar-refractivity contribution in [2.45, 2.75) is 33.4 Å². The molecule has 4 aromatic carbocycles. The van der Waals surface area contributed by atoms with Crippen molar-refractivity contribution in [2.24, 2.45) is 4.99 Å². The molecule has 0 spiro atoms. The Balaban J connectivity index is 1.46. The van der Waals surface area contributed by atoms with Gasteiger partial charge in [0.25, 0.3) is 5.56 Å². The fourth-order valence-electron chi connectivity index (χ4n) is 5.61. The number of benzene rings is 4. The molecule has 1 aliphatic heterocycles. The number of esters is 1. The van der Waals surface area contributed by atoms with Crippen molar-refractivity contribution in [3.05, 3.63) is 149 Å². The lowest BCUT2D eigenvalue weighted by molar-refractivity contribution is -0.138. The van der Waals surface area contributed by atoms with Gasteiger partial charge in [0.05, 0.1) is 51.7 Å². The molecule has 256 valence electrons. The Kier molecular flexibility index (Phi) is 11.1. The van der Waals surface area contributed by atoms with Crippen LogP contribution in [0.5, 0.6) is 17.2 Å². The maximum atomic E-state index is 14.3. The number of hydrogen-bond donors (Lipinski definition) is 0. The molecule has 1 atom stereocenters. The summed E-state index contributed by atoms with van der Waals surface area (Å²) < 4.78 is 25.3. The first-order chi connectivity index (χ1) is 24.3. The summed E-state index contributed by atoms with van der Waals surface area (Å²) in [5.41, 5.74) is 3.48. The number of halogens is 2. The number of nitrogens with zero attached hydrogens (tertiary/aromatic N) is 2. The van der Waals surface area contributed by atoms with Crippen LogP contribution in [0.4, 0.5) is 0 Å². The number of carbonyl (C=O) groups is 1. The number of carbonyl (C=O) groups excluding carboxylic acids is 1. The van der Waals surface area contributed by atoms with Gasteiger partial charge in [0.15, 0.2) is 16.3 Å². The Labute approximate surface area is 303 Å². The van der Waals surface area contributed by atoms with E-state index in [2.05, 4.69) is 0 Å². The number of fused-ring (bicyclic) bond motifs is 1. The van der Waals surface area contributed by atoms with E-state index in [9.17, 15) is 9.59 Å². The molecule has 50 heavy (non-hydrogen) atoms. The Morgan fingerprint density at radius 1 is 0.840 bits per heavy atom. The third kappa shape index (κ3) is 7.50. The van der Waals surface area contributed by atoms with Gasteiger partial charge >= 0.3 is 5.97 Å². The molecular formula is C39H34Cl2N2O6S. The van der Waals surface area contributed by atoms with Gasteiger partial charge in [0.1, 0.15) is 12.4 Å². The van der Waals surface area contributed by atoms with Crippen molar-refractivity contribution in [1.82, 2.24) is 4.57 Å². The summed E-state index contributed by atoms with van der Waals surface area (Å²) in [6.45, 7) is 6.90. The molecule has 11 heteroatoms. The van der Waals surface area contributed by atoms with E-state index in [4.69, 9.17) is 47.1 Å². The third-order valence-corrected chi connectivity index (χ3v) is 9.55. The summed E-state index contributed by atoms with van der Waals surface area (Å²) in [5, 5.41) is 0.920. The van der Waals surface area contributed by atoms with Gasteiger partial charge in [0.2, 0.25) is 0 Å². The SMILES string of the molecule is CCOC(=O)C1=C(c2ccccc2)N=c2s/c(=C\c3ccc(OCc4ccc(Cl)c(Cl)c4)c(OCC)c3)c(=O)n2[C@@H]1c1ccc(OCC)cc1. The van der Waals surface area contributed by atoms with Crippen LogP contribution in [0.3, 0.4) is 0 Å². The predicted molar refractivity (Wildman–Crippen MR) is 197 cm³/mol. The lowest BCUT2D eigenvalue weighted by atomic mass is 9.93. The highest BCUT2D eigenvalue weighted by atomic mass is 35.5. The molecular weight excluding hydrogens is 695 g/mol. The molecule has 5 aromatic rings. The zero-order valence-electron chi connectivity index (χ0n) is 27.7. The third-order valence-electron chi connectivity index (χ3n) is 7.82. The quantitative estimate of drug-likeness (QED) is 0.123. The second kappa shape index (κ2) is 15.8. The first kappa shape index (κ1) is 35.0. The van der Waals surface area contributed by atoms with Crippen molar-refractivity contribution in [2.75, 3.05) is 19.8 Å². The molecule has 6 rings (SSSR count). The molecule has 0 fully saturated rings. The van der Waals surface area contributed by atoms with Crippen LogP contribution in [0.1, 0.15) is 49.1 Å². The van der Waals surface area contributed by atoms with Crippen molar-refractivity contribution in [1.29, 1.82) is 0 Å². The Morgan fingerprint density at radius 3 is 2.30 bits per heavy atom. The normalized spacial score (nSPS) is 14.2. The van der Waals surface area contributed by atoms with Crippen molar-refractivity contribution < 1.29 is 23.7 Å². The van der Waals surface area contributed by atoms with E-state index in [0.29, 0.717) is 55.5 Å². The zero-order valence-corrected chi connectivity index (χ0v) is 30.0. The summed E-state index contributed by atoms with van der Waals surface area (Å²) in [6.07, 6.45) is 1.79. The molecule has 0 N–H and O–H groups in total. The lowest BCUT2D eigenvalue weighted by Crippen LogP contribution is -2.40. The van der Waals surface area contributed by atoms with Gasteiger partial charge in [-0.3, -0.25) is 9.36 Å². The Hall–Kier alpha value is -4.83. The molecule has 2 heterocycles. The first-order valence-electron chi connectivity index (χ1n) is 16.2. The van der Waals surface area contributed by atoms with Gasteiger partial charge < -0.3 is 18.9 Å². The maximum absolute atomic E-state index is 14.3. The van der Waals surface area contributed by atoms with E-state index in [-0.39, 0.29) is 24.3 Å². The largest absolute Gasteiger partial charge is 0.494 e. The van der Waals surface area contributed by atoms with Gasteiger partial charge in [-0.15, -0.1) is 0 Å². The van der Waals surface area contributed by atoms with E-state index in [1.54, 1.807) is 35.8 Å². The monoisotopic (exact) mass is 728 g/mol. The van der Waals surface area contributed by atoms with Gasteiger partial charge in [0, 0.05) is 5.56 Å². The summed E-state index contributed by atoms with van der Waals surface area (Å²) in [7, 11) is 0.